The Balaban J connectivity index is 1.65. The van der Waals surface area contributed by atoms with Gasteiger partial charge in [0.05, 0.1) is 25.5 Å². The summed E-state index contributed by atoms with van der Waals surface area (Å²) in [6, 6.07) is 20.0. The Labute approximate surface area is 182 Å². The highest BCUT2D eigenvalue weighted by Crippen LogP contribution is 2.27. The summed E-state index contributed by atoms with van der Waals surface area (Å²) in [7, 11) is 3.18. The van der Waals surface area contributed by atoms with Gasteiger partial charge in [0.1, 0.15) is 0 Å². The van der Waals surface area contributed by atoms with Gasteiger partial charge in [-0.25, -0.2) is 0 Å². The molecule has 0 saturated carbocycles. The molecule has 0 bridgehead atoms. The smallest absolute Gasteiger partial charge is 0.255 e. The van der Waals surface area contributed by atoms with Gasteiger partial charge < -0.3 is 20.1 Å². The van der Waals surface area contributed by atoms with Gasteiger partial charge in [-0.3, -0.25) is 9.59 Å². The zero-order valence-corrected chi connectivity index (χ0v) is 17.9. The maximum atomic E-state index is 12.8. The molecule has 0 aromatic heterocycles. The van der Waals surface area contributed by atoms with Crippen molar-refractivity contribution in [3.63, 3.8) is 0 Å². The third-order valence-electron chi connectivity index (χ3n) is 4.96. The van der Waals surface area contributed by atoms with Gasteiger partial charge in [-0.1, -0.05) is 36.4 Å². The number of hydrogen-bond acceptors (Lipinski definition) is 4. The molecule has 2 amide bonds. The lowest BCUT2D eigenvalue weighted by Gasteiger charge is -2.13. The number of aryl methyl sites for hydroxylation is 1. The monoisotopic (exact) mass is 418 g/mol. The normalized spacial score (nSPS) is 10.3. The van der Waals surface area contributed by atoms with Crippen molar-refractivity contribution in [2.75, 3.05) is 26.1 Å². The average Bonchev–Trinajstić information content (AvgIpc) is 2.79. The van der Waals surface area contributed by atoms with Crippen molar-refractivity contribution < 1.29 is 19.1 Å². The molecule has 0 aliphatic carbocycles. The number of anilines is 1. The third kappa shape index (κ3) is 5.42. The van der Waals surface area contributed by atoms with E-state index in [4.69, 9.17) is 9.47 Å². The van der Waals surface area contributed by atoms with E-state index in [2.05, 4.69) is 10.6 Å². The molecule has 0 heterocycles. The summed E-state index contributed by atoms with van der Waals surface area (Å²) in [5, 5.41) is 5.77. The van der Waals surface area contributed by atoms with E-state index >= 15 is 0 Å². The van der Waals surface area contributed by atoms with Crippen molar-refractivity contribution >= 4 is 17.5 Å². The lowest BCUT2D eigenvalue weighted by atomic mass is 10.1. The van der Waals surface area contributed by atoms with Crippen molar-refractivity contribution in [3.8, 4) is 11.5 Å². The quantitative estimate of drug-likeness (QED) is 0.574. The Morgan fingerprint density at radius 2 is 1.48 bits per heavy atom. The highest BCUT2D eigenvalue weighted by atomic mass is 16.5. The van der Waals surface area contributed by atoms with Gasteiger partial charge in [-0.15, -0.1) is 0 Å². The van der Waals surface area contributed by atoms with Crippen molar-refractivity contribution in [2.45, 2.75) is 13.3 Å². The Kier molecular flexibility index (Phi) is 7.27. The summed E-state index contributed by atoms with van der Waals surface area (Å²) >= 11 is 0. The first-order chi connectivity index (χ1) is 15.0. The molecule has 6 nitrogen and oxygen atoms in total. The molecule has 3 rings (SSSR count). The van der Waals surface area contributed by atoms with Crippen LogP contribution in [0.1, 0.15) is 31.8 Å². The number of carbonyl (C=O) groups is 2. The number of methoxy groups -OCH3 is 2. The minimum atomic E-state index is -0.249. The zero-order chi connectivity index (χ0) is 22.2. The first-order valence-corrected chi connectivity index (χ1v) is 9.98. The van der Waals surface area contributed by atoms with Crippen LogP contribution in [-0.2, 0) is 6.42 Å². The van der Waals surface area contributed by atoms with Gasteiger partial charge in [0.25, 0.3) is 11.8 Å². The molecule has 2 N–H and O–H groups in total. The summed E-state index contributed by atoms with van der Waals surface area (Å²) < 4.78 is 10.6. The van der Waals surface area contributed by atoms with Gasteiger partial charge in [0.15, 0.2) is 11.5 Å². The van der Waals surface area contributed by atoms with Crippen LogP contribution in [-0.4, -0.2) is 32.6 Å². The number of benzene rings is 3. The number of para-hydroxylation sites is 1. The fourth-order valence-corrected chi connectivity index (χ4v) is 3.26. The highest BCUT2D eigenvalue weighted by molar-refractivity contribution is 6.09. The largest absolute Gasteiger partial charge is 0.493 e. The van der Waals surface area contributed by atoms with E-state index < -0.39 is 0 Å². The minimum absolute atomic E-state index is 0.247. The molecule has 0 aliphatic rings. The Morgan fingerprint density at radius 3 is 2.19 bits per heavy atom. The van der Waals surface area contributed by atoms with Crippen LogP contribution in [0.5, 0.6) is 11.5 Å². The molecule has 0 radical (unpaired) electrons. The van der Waals surface area contributed by atoms with Gasteiger partial charge >= 0.3 is 0 Å². The molecule has 0 atom stereocenters. The summed E-state index contributed by atoms with van der Waals surface area (Å²) in [5.74, 6) is 0.814. The summed E-state index contributed by atoms with van der Waals surface area (Å²) in [6.07, 6.45) is 0.629. The van der Waals surface area contributed by atoms with E-state index in [1.165, 1.54) is 0 Å². The summed E-state index contributed by atoms with van der Waals surface area (Å²) in [6.45, 7) is 2.32. The average molecular weight is 418 g/mol. The van der Waals surface area contributed by atoms with Crippen LogP contribution >= 0.6 is 0 Å². The van der Waals surface area contributed by atoms with Crippen LogP contribution in [0.3, 0.4) is 0 Å². The van der Waals surface area contributed by atoms with Gasteiger partial charge in [0.2, 0.25) is 0 Å². The number of ether oxygens (including phenoxy) is 2. The van der Waals surface area contributed by atoms with Crippen LogP contribution in [0.15, 0.2) is 66.7 Å². The van der Waals surface area contributed by atoms with E-state index in [1.807, 2.05) is 43.3 Å². The molecule has 0 saturated heterocycles. The van der Waals surface area contributed by atoms with Crippen molar-refractivity contribution in [2.24, 2.45) is 0 Å². The predicted molar refractivity (Wildman–Crippen MR) is 121 cm³/mol. The molecule has 31 heavy (non-hydrogen) atoms. The molecule has 0 spiro atoms. The molecule has 0 unspecified atom stereocenters. The molecule has 6 heteroatoms. The van der Waals surface area contributed by atoms with Gasteiger partial charge in [0, 0.05) is 12.1 Å². The fourth-order valence-electron chi connectivity index (χ4n) is 3.26. The standard InChI is InChI=1S/C25H26N2O4/c1-17-8-4-5-9-19(17)25(29)27-21-11-7-6-10-20(21)24(28)26-15-14-18-12-13-22(30-2)23(16-18)31-3/h4-13,16H,14-15H2,1-3H3,(H,26,28)(H,27,29). The number of hydrogen-bond donors (Lipinski definition) is 2. The second-order valence-corrected chi connectivity index (χ2v) is 7.01. The van der Waals surface area contributed by atoms with Gasteiger partial charge in [-0.2, -0.15) is 0 Å². The van der Waals surface area contributed by atoms with Crippen LogP contribution in [0.4, 0.5) is 5.69 Å². The molecule has 0 aliphatic heterocycles. The SMILES string of the molecule is COc1ccc(CCNC(=O)c2ccccc2NC(=O)c2ccccc2C)cc1OC. The number of nitrogens with one attached hydrogen (secondary N) is 2. The Morgan fingerprint density at radius 1 is 0.806 bits per heavy atom. The van der Waals surface area contributed by atoms with E-state index in [1.54, 1.807) is 44.6 Å². The second-order valence-electron chi connectivity index (χ2n) is 7.01. The van der Waals surface area contributed by atoms with E-state index in [-0.39, 0.29) is 11.8 Å². The maximum Gasteiger partial charge on any atom is 0.255 e. The van der Waals surface area contributed by atoms with E-state index in [0.29, 0.717) is 41.3 Å². The Bertz CT molecular complexity index is 1080. The third-order valence-corrected chi connectivity index (χ3v) is 4.96. The molecule has 160 valence electrons. The molecule has 0 fully saturated rings. The van der Waals surface area contributed by atoms with Crippen molar-refractivity contribution in [1.29, 1.82) is 0 Å². The molecule has 3 aromatic rings. The molecular formula is C25H26N2O4. The van der Waals surface area contributed by atoms with E-state index in [9.17, 15) is 9.59 Å². The van der Waals surface area contributed by atoms with E-state index in [0.717, 1.165) is 11.1 Å². The fraction of sp³-hybridized carbons (Fsp3) is 0.200. The number of rotatable bonds is 8. The van der Waals surface area contributed by atoms with Gasteiger partial charge in [-0.05, 0) is 54.8 Å². The van der Waals surface area contributed by atoms with Crippen molar-refractivity contribution in [1.82, 2.24) is 5.32 Å². The molecule has 3 aromatic carbocycles. The molecular weight excluding hydrogens is 392 g/mol. The maximum absolute atomic E-state index is 12.8. The van der Waals surface area contributed by atoms with Crippen LogP contribution < -0.4 is 20.1 Å². The number of carbonyl (C=O) groups excluding carboxylic acids is 2. The lowest BCUT2D eigenvalue weighted by Crippen LogP contribution is -2.27. The van der Waals surface area contributed by atoms with Crippen molar-refractivity contribution in [3.05, 3.63) is 89.0 Å². The second kappa shape index (κ2) is 10.3. The summed E-state index contributed by atoms with van der Waals surface area (Å²) in [4.78, 5) is 25.4. The van der Waals surface area contributed by atoms with Crippen LogP contribution in [0.2, 0.25) is 0 Å². The number of amides is 2. The zero-order valence-electron chi connectivity index (χ0n) is 17.9. The first-order valence-electron chi connectivity index (χ1n) is 9.98. The highest BCUT2D eigenvalue weighted by Gasteiger charge is 2.15. The topological polar surface area (TPSA) is 76.7 Å². The summed E-state index contributed by atoms with van der Waals surface area (Å²) in [5.41, 5.74) is 3.35. The Hall–Kier alpha value is -3.80. The minimum Gasteiger partial charge on any atom is -0.493 e. The lowest BCUT2D eigenvalue weighted by molar-refractivity contribution is 0.0955. The van der Waals surface area contributed by atoms with Crippen LogP contribution in [0.25, 0.3) is 0 Å². The van der Waals surface area contributed by atoms with Crippen LogP contribution in [0, 0.1) is 6.92 Å². The predicted octanol–water partition coefficient (Wildman–Crippen LogP) is 4.24. The first kappa shape index (κ1) is 21.9.